The summed E-state index contributed by atoms with van der Waals surface area (Å²) in [5, 5.41) is 0. The molecule has 1 unspecified atom stereocenters. The van der Waals surface area contributed by atoms with Crippen molar-refractivity contribution < 1.29 is 17.6 Å². The van der Waals surface area contributed by atoms with Crippen LogP contribution in [0.3, 0.4) is 0 Å². The van der Waals surface area contributed by atoms with Gasteiger partial charge in [0.2, 0.25) is 0 Å². The fourth-order valence-electron chi connectivity index (χ4n) is 1.13. The first kappa shape index (κ1) is 12.0. The van der Waals surface area contributed by atoms with Gasteiger partial charge in [0.25, 0.3) is 0 Å². The third-order valence-corrected chi connectivity index (χ3v) is 2.14. The van der Waals surface area contributed by atoms with Gasteiger partial charge in [0.1, 0.15) is 6.04 Å². The monoisotopic (exact) mass is 221 g/mol. The van der Waals surface area contributed by atoms with Gasteiger partial charge in [0.15, 0.2) is 0 Å². The quantitative estimate of drug-likeness (QED) is 0.780. The molecule has 1 rings (SSSR count). The van der Waals surface area contributed by atoms with Crippen LogP contribution in [0.15, 0.2) is 24.3 Å². The lowest BCUT2D eigenvalue weighted by atomic mass is 10.0. The highest BCUT2D eigenvalue weighted by molar-refractivity contribution is 5.25. The number of halogens is 4. The van der Waals surface area contributed by atoms with Crippen LogP contribution in [-0.4, -0.2) is 12.3 Å². The largest absolute Gasteiger partial charge is 0.326 e. The standard InChI is InChI=1S/C10H11F4N/c1-6-2-4-7(5-3-6)8(15)10(13,14)9(11)12/h2-5,8-9H,15H2,1H3. The summed E-state index contributed by atoms with van der Waals surface area (Å²) in [7, 11) is 0. The summed E-state index contributed by atoms with van der Waals surface area (Å²) in [6.07, 6.45) is -3.76. The van der Waals surface area contributed by atoms with Crippen molar-refractivity contribution in [1.82, 2.24) is 0 Å². The predicted octanol–water partition coefficient (Wildman–Crippen LogP) is 2.90. The molecule has 0 aromatic heterocycles. The molecule has 0 radical (unpaired) electrons. The van der Waals surface area contributed by atoms with E-state index in [1.165, 1.54) is 12.1 Å². The zero-order chi connectivity index (χ0) is 11.6. The van der Waals surface area contributed by atoms with E-state index < -0.39 is 18.4 Å². The minimum atomic E-state index is -4.20. The van der Waals surface area contributed by atoms with Crippen LogP contribution in [0, 0.1) is 6.92 Å². The Balaban J connectivity index is 2.94. The molecule has 0 amide bonds. The number of nitrogens with two attached hydrogens (primary N) is 1. The van der Waals surface area contributed by atoms with Crippen molar-refractivity contribution in [3.8, 4) is 0 Å². The number of hydrogen-bond donors (Lipinski definition) is 1. The third-order valence-electron chi connectivity index (χ3n) is 2.14. The molecule has 0 aliphatic heterocycles. The van der Waals surface area contributed by atoms with E-state index in [2.05, 4.69) is 0 Å². The summed E-state index contributed by atoms with van der Waals surface area (Å²) < 4.78 is 49.7. The zero-order valence-corrected chi connectivity index (χ0v) is 8.05. The van der Waals surface area contributed by atoms with Crippen molar-refractivity contribution in [2.45, 2.75) is 25.3 Å². The molecular formula is C10H11F4N. The fourth-order valence-corrected chi connectivity index (χ4v) is 1.13. The number of rotatable bonds is 3. The lowest BCUT2D eigenvalue weighted by Gasteiger charge is -2.22. The summed E-state index contributed by atoms with van der Waals surface area (Å²) >= 11 is 0. The van der Waals surface area contributed by atoms with Gasteiger partial charge in [-0.25, -0.2) is 8.78 Å². The molecule has 0 saturated carbocycles. The van der Waals surface area contributed by atoms with Crippen molar-refractivity contribution in [3.05, 3.63) is 35.4 Å². The van der Waals surface area contributed by atoms with E-state index in [9.17, 15) is 17.6 Å². The van der Waals surface area contributed by atoms with Gasteiger partial charge in [-0.15, -0.1) is 0 Å². The molecule has 0 saturated heterocycles. The number of hydrogen-bond acceptors (Lipinski definition) is 1. The molecule has 0 aliphatic rings. The van der Waals surface area contributed by atoms with Crippen molar-refractivity contribution >= 4 is 0 Å². The average Bonchev–Trinajstić information content (AvgIpc) is 2.17. The molecular weight excluding hydrogens is 210 g/mol. The normalized spacial score (nSPS) is 14.3. The number of aryl methyl sites for hydroxylation is 1. The molecule has 15 heavy (non-hydrogen) atoms. The van der Waals surface area contributed by atoms with E-state index in [1.54, 1.807) is 19.1 Å². The Morgan fingerprint density at radius 2 is 1.60 bits per heavy atom. The smallest absolute Gasteiger partial charge is 0.319 e. The highest BCUT2D eigenvalue weighted by Gasteiger charge is 2.47. The molecule has 0 heterocycles. The van der Waals surface area contributed by atoms with Gasteiger partial charge in [-0.3, -0.25) is 0 Å². The Morgan fingerprint density at radius 1 is 1.13 bits per heavy atom. The first-order chi connectivity index (χ1) is 6.85. The molecule has 0 spiro atoms. The maximum Gasteiger partial charge on any atom is 0.326 e. The Labute approximate surface area is 84.9 Å². The Morgan fingerprint density at radius 3 is 2.00 bits per heavy atom. The molecule has 0 fully saturated rings. The lowest BCUT2D eigenvalue weighted by Crippen LogP contribution is -2.39. The van der Waals surface area contributed by atoms with Crippen molar-refractivity contribution in [1.29, 1.82) is 0 Å². The Bertz CT molecular complexity index is 321. The van der Waals surface area contributed by atoms with Crippen LogP contribution in [0.4, 0.5) is 17.6 Å². The molecule has 0 aliphatic carbocycles. The van der Waals surface area contributed by atoms with Gasteiger partial charge in [0, 0.05) is 0 Å². The molecule has 5 heteroatoms. The maximum absolute atomic E-state index is 12.9. The van der Waals surface area contributed by atoms with Crippen LogP contribution in [0.5, 0.6) is 0 Å². The summed E-state index contributed by atoms with van der Waals surface area (Å²) in [5.41, 5.74) is 5.95. The van der Waals surface area contributed by atoms with Gasteiger partial charge in [0.05, 0.1) is 0 Å². The molecule has 1 atom stereocenters. The fraction of sp³-hybridized carbons (Fsp3) is 0.400. The van der Waals surface area contributed by atoms with E-state index in [0.29, 0.717) is 0 Å². The van der Waals surface area contributed by atoms with Crippen LogP contribution in [0.25, 0.3) is 0 Å². The second kappa shape index (κ2) is 4.18. The van der Waals surface area contributed by atoms with Gasteiger partial charge in [-0.05, 0) is 12.5 Å². The molecule has 1 nitrogen and oxygen atoms in total. The van der Waals surface area contributed by atoms with Crippen molar-refractivity contribution in [2.24, 2.45) is 5.73 Å². The maximum atomic E-state index is 12.9. The molecule has 1 aromatic rings. The van der Waals surface area contributed by atoms with Crippen molar-refractivity contribution in [3.63, 3.8) is 0 Å². The second-order valence-corrected chi connectivity index (χ2v) is 3.36. The summed E-state index contributed by atoms with van der Waals surface area (Å²) in [4.78, 5) is 0. The summed E-state index contributed by atoms with van der Waals surface area (Å²) in [6, 6.07) is 3.79. The highest BCUT2D eigenvalue weighted by Crippen LogP contribution is 2.34. The van der Waals surface area contributed by atoms with Gasteiger partial charge in [-0.2, -0.15) is 8.78 Å². The minimum Gasteiger partial charge on any atom is -0.319 e. The summed E-state index contributed by atoms with van der Waals surface area (Å²) in [6.45, 7) is 1.76. The topological polar surface area (TPSA) is 26.0 Å². The van der Waals surface area contributed by atoms with Crippen LogP contribution in [0.2, 0.25) is 0 Å². The van der Waals surface area contributed by atoms with E-state index in [1.807, 2.05) is 0 Å². The third kappa shape index (κ3) is 2.47. The molecule has 84 valence electrons. The first-order valence-electron chi connectivity index (χ1n) is 4.34. The minimum absolute atomic E-state index is 0.00546. The second-order valence-electron chi connectivity index (χ2n) is 3.36. The van der Waals surface area contributed by atoms with E-state index in [4.69, 9.17) is 5.73 Å². The number of alkyl halides is 4. The van der Waals surface area contributed by atoms with Gasteiger partial charge >= 0.3 is 12.3 Å². The van der Waals surface area contributed by atoms with E-state index >= 15 is 0 Å². The zero-order valence-electron chi connectivity index (χ0n) is 8.05. The molecule has 0 bridgehead atoms. The van der Waals surface area contributed by atoms with Crippen molar-refractivity contribution in [2.75, 3.05) is 0 Å². The van der Waals surface area contributed by atoms with Crippen LogP contribution >= 0.6 is 0 Å². The van der Waals surface area contributed by atoms with Crippen LogP contribution in [-0.2, 0) is 0 Å². The van der Waals surface area contributed by atoms with Crippen LogP contribution in [0.1, 0.15) is 17.2 Å². The van der Waals surface area contributed by atoms with Gasteiger partial charge < -0.3 is 5.73 Å². The van der Waals surface area contributed by atoms with Gasteiger partial charge in [-0.1, -0.05) is 29.8 Å². The predicted molar refractivity (Wildman–Crippen MR) is 49.1 cm³/mol. The Hall–Kier alpha value is -1.10. The first-order valence-corrected chi connectivity index (χ1v) is 4.34. The SMILES string of the molecule is Cc1ccc(C(N)C(F)(F)C(F)F)cc1. The van der Waals surface area contributed by atoms with E-state index in [0.717, 1.165) is 5.56 Å². The van der Waals surface area contributed by atoms with Crippen LogP contribution < -0.4 is 5.73 Å². The molecule has 2 N–H and O–H groups in total. The average molecular weight is 221 g/mol. The highest BCUT2D eigenvalue weighted by atomic mass is 19.3. The lowest BCUT2D eigenvalue weighted by molar-refractivity contribution is -0.144. The van der Waals surface area contributed by atoms with E-state index in [-0.39, 0.29) is 5.56 Å². The number of benzene rings is 1. The molecule has 1 aromatic carbocycles. The summed E-state index contributed by atoms with van der Waals surface area (Å²) in [5.74, 6) is -4.20. The Kier molecular flexibility index (Phi) is 3.34.